The van der Waals surface area contributed by atoms with E-state index >= 15 is 0 Å². The molecule has 0 radical (unpaired) electrons. The summed E-state index contributed by atoms with van der Waals surface area (Å²) in [5.41, 5.74) is 3.55. The van der Waals surface area contributed by atoms with Crippen molar-refractivity contribution in [3.05, 3.63) is 71.3 Å². The van der Waals surface area contributed by atoms with E-state index in [-0.39, 0.29) is 49.3 Å². The van der Waals surface area contributed by atoms with Crippen LogP contribution in [-0.4, -0.2) is 61.5 Å². The van der Waals surface area contributed by atoms with Crippen LogP contribution in [0.2, 0.25) is 0 Å². The minimum Gasteiger partial charge on any atom is -0.389 e. The van der Waals surface area contributed by atoms with E-state index in [0.29, 0.717) is 6.61 Å². The first kappa shape index (κ1) is 26.6. The number of halogens is 1. The van der Waals surface area contributed by atoms with Crippen LogP contribution in [0.4, 0.5) is 0 Å². The Bertz CT molecular complexity index is 834. The van der Waals surface area contributed by atoms with Gasteiger partial charge in [-0.2, -0.15) is 0 Å². The number of rotatable bonds is 8. The number of aliphatic hydroxyl groups is 1. The quantitative estimate of drug-likeness (QED) is 0.293. The Kier molecular flexibility index (Phi) is 11.4. The third kappa shape index (κ3) is 7.72. The zero-order chi connectivity index (χ0) is 22.1. The molecule has 3 rings (SSSR count). The Balaban J connectivity index is 0.00000363. The molecule has 6 nitrogen and oxygen atoms in total. The average Bonchev–Trinajstić information content (AvgIpc) is 2.81. The summed E-state index contributed by atoms with van der Waals surface area (Å²) in [6, 6.07) is 18.4. The van der Waals surface area contributed by atoms with Crippen molar-refractivity contribution in [1.29, 1.82) is 0 Å². The smallest absolute Gasteiger partial charge is 0.194 e. The van der Waals surface area contributed by atoms with Gasteiger partial charge in [0.25, 0.3) is 0 Å². The molecule has 0 amide bonds. The highest BCUT2D eigenvalue weighted by atomic mass is 127. The van der Waals surface area contributed by atoms with Crippen molar-refractivity contribution in [2.24, 2.45) is 4.99 Å². The summed E-state index contributed by atoms with van der Waals surface area (Å²) in [7, 11) is 0. The molecule has 0 aromatic heterocycles. The maximum atomic E-state index is 10.4. The second kappa shape index (κ2) is 13.8. The van der Waals surface area contributed by atoms with Gasteiger partial charge in [0, 0.05) is 13.1 Å². The molecule has 1 fully saturated rings. The van der Waals surface area contributed by atoms with Crippen molar-refractivity contribution in [1.82, 2.24) is 10.2 Å². The van der Waals surface area contributed by atoms with Crippen LogP contribution in [0.3, 0.4) is 0 Å². The summed E-state index contributed by atoms with van der Waals surface area (Å²) in [5, 5.41) is 13.8. The summed E-state index contributed by atoms with van der Waals surface area (Å²) in [6.45, 7) is 9.60. The molecule has 0 aliphatic carbocycles. The van der Waals surface area contributed by atoms with Gasteiger partial charge in [0.1, 0.15) is 6.10 Å². The van der Waals surface area contributed by atoms with Gasteiger partial charge in [-0.25, -0.2) is 0 Å². The van der Waals surface area contributed by atoms with Crippen LogP contribution in [0.5, 0.6) is 0 Å². The van der Waals surface area contributed by atoms with E-state index in [1.807, 2.05) is 43.3 Å². The number of benzene rings is 2. The largest absolute Gasteiger partial charge is 0.389 e. The van der Waals surface area contributed by atoms with Gasteiger partial charge in [-0.1, -0.05) is 54.6 Å². The van der Waals surface area contributed by atoms with Crippen molar-refractivity contribution in [2.45, 2.75) is 39.1 Å². The fourth-order valence-electron chi connectivity index (χ4n) is 3.72. The van der Waals surface area contributed by atoms with E-state index in [1.165, 1.54) is 11.1 Å². The van der Waals surface area contributed by atoms with Crippen LogP contribution in [0.1, 0.15) is 42.7 Å². The zero-order valence-corrected chi connectivity index (χ0v) is 21.6. The molecule has 3 atom stereocenters. The molecule has 32 heavy (non-hydrogen) atoms. The van der Waals surface area contributed by atoms with Crippen LogP contribution < -0.4 is 5.32 Å². The third-order valence-electron chi connectivity index (χ3n) is 5.50. The lowest BCUT2D eigenvalue weighted by Gasteiger charge is -2.36. The molecule has 1 saturated heterocycles. The van der Waals surface area contributed by atoms with E-state index in [2.05, 4.69) is 47.3 Å². The van der Waals surface area contributed by atoms with Gasteiger partial charge < -0.3 is 24.8 Å². The van der Waals surface area contributed by atoms with Gasteiger partial charge in [0.05, 0.1) is 38.5 Å². The molecular weight excluding hydrogens is 517 g/mol. The number of hydrogen-bond donors (Lipinski definition) is 2. The first-order valence-electron chi connectivity index (χ1n) is 11.1. The Morgan fingerprint density at radius 1 is 1.22 bits per heavy atom. The second-order valence-electron chi connectivity index (χ2n) is 7.90. The molecule has 0 saturated carbocycles. The molecule has 0 bridgehead atoms. The van der Waals surface area contributed by atoms with E-state index in [0.717, 1.165) is 31.2 Å². The maximum Gasteiger partial charge on any atom is 0.194 e. The third-order valence-corrected chi connectivity index (χ3v) is 5.50. The van der Waals surface area contributed by atoms with Crippen molar-refractivity contribution >= 4 is 29.9 Å². The SMILES string of the molecule is CCNC(=NCC(O)COC(C)c1ccccc1)N1CCOC(c2ccccc2C)C1.I. The first-order valence-corrected chi connectivity index (χ1v) is 11.1. The topological polar surface area (TPSA) is 66.3 Å². The van der Waals surface area contributed by atoms with Gasteiger partial charge in [-0.3, -0.25) is 4.99 Å². The van der Waals surface area contributed by atoms with Crippen molar-refractivity contribution in [3.8, 4) is 0 Å². The highest BCUT2D eigenvalue weighted by Gasteiger charge is 2.25. The van der Waals surface area contributed by atoms with Crippen LogP contribution in [0.25, 0.3) is 0 Å². The Hall–Kier alpha value is -1.68. The van der Waals surface area contributed by atoms with Gasteiger partial charge in [-0.15, -0.1) is 24.0 Å². The van der Waals surface area contributed by atoms with Gasteiger partial charge in [0.15, 0.2) is 5.96 Å². The number of ether oxygens (including phenoxy) is 2. The number of nitrogens with zero attached hydrogens (tertiary/aromatic N) is 2. The molecule has 1 heterocycles. The molecule has 176 valence electrons. The number of morpholine rings is 1. The number of guanidine groups is 1. The predicted molar refractivity (Wildman–Crippen MR) is 140 cm³/mol. The lowest BCUT2D eigenvalue weighted by atomic mass is 10.0. The number of hydrogen-bond acceptors (Lipinski definition) is 4. The number of aliphatic hydroxyl groups excluding tert-OH is 1. The molecule has 1 aliphatic heterocycles. The maximum absolute atomic E-state index is 10.4. The van der Waals surface area contributed by atoms with Crippen LogP contribution in [0.15, 0.2) is 59.6 Å². The van der Waals surface area contributed by atoms with Gasteiger partial charge in [0.2, 0.25) is 0 Å². The molecule has 1 aliphatic rings. The normalized spacial score (nSPS) is 18.6. The van der Waals surface area contributed by atoms with E-state index in [9.17, 15) is 5.11 Å². The van der Waals surface area contributed by atoms with Gasteiger partial charge >= 0.3 is 0 Å². The summed E-state index contributed by atoms with van der Waals surface area (Å²) in [4.78, 5) is 6.90. The Morgan fingerprint density at radius 2 is 1.94 bits per heavy atom. The van der Waals surface area contributed by atoms with Crippen molar-refractivity contribution in [2.75, 3.05) is 39.4 Å². The van der Waals surface area contributed by atoms with Gasteiger partial charge in [-0.05, 0) is 37.5 Å². The average molecular weight is 553 g/mol. The minimum absolute atomic E-state index is 0. The summed E-state index contributed by atoms with van der Waals surface area (Å²) in [5.74, 6) is 0.805. The fourth-order valence-corrected chi connectivity index (χ4v) is 3.72. The minimum atomic E-state index is -0.659. The number of aliphatic imine (C=N–C) groups is 1. The number of nitrogens with one attached hydrogen (secondary N) is 1. The van der Waals surface area contributed by atoms with Crippen LogP contribution in [-0.2, 0) is 9.47 Å². The summed E-state index contributed by atoms with van der Waals surface area (Å²) >= 11 is 0. The lowest BCUT2D eigenvalue weighted by molar-refractivity contribution is -0.00916. The monoisotopic (exact) mass is 553 g/mol. The molecule has 2 N–H and O–H groups in total. The molecule has 3 unspecified atom stereocenters. The molecule has 7 heteroatoms. The zero-order valence-electron chi connectivity index (χ0n) is 19.2. The second-order valence-corrected chi connectivity index (χ2v) is 7.90. The Morgan fingerprint density at radius 3 is 2.66 bits per heavy atom. The van der Waals surface area contributed by atoms with Crippen LogP contribution in [0, 0.1) is 6.92 Å². The highest BCUT2D eigenvalue weighted by Crippen LogP contribution is 2.25. The molecular formula is C25H36IN3O3. The number of aryl methyl sites for hydroxylation is 1. The van der Waals surface area contributed by atoms with E-state index < -0.39 is 6.10 Å². The van der Waals surface area contributed by atoms with E-state index in [4.69, 9.17) is 9.47 Å². The van der Waals surface area contributed by atoms with E-state index in [1.54, 1.807) is 0 Å². The summed E-state index contributed by atoms with van der Waals surface area (Å²) < 4.78 is 11.9. The lowest BCUT2D eigenvalue weighted by Crippen LogP contribution is -2.48. The van der Waals surface area contributed by atoms with Crippen molar-refractivity contribution in [3.63, 3.8) is 0 Å². The first-order chi connectivity index (χ1) is 15.1. The predicted octanol–water partition coefficient (Wildman–Crippen LogP) is 4.09. The fraction of sp³-hybridized carbons (Fsp3) is 0.480. The molecule has 2 aromatic carbocycles. The van der Waals surface area contributed by atoms with Crippen LogP contribution >= 0.6 is 24.0 Å². The molecule has 2 aromatic rings. The summed E-state index contributed by atoms with van der Waals surface area (Å²) in [6.07, 6.45) is -0.714. The standard InChI is InChI=1S/C25H35N3O3.HI/c1-4-26-25(27-16-22(29)18-31-20(3)21-11-6-5-7-12-21)28-14-15-30-24(17-28)23-13-9-8-10-19(23)2;/h5-13,20,22,24,29H,4,14-18H2,1-3H3,(H,26,27);1H. The highest BCUT2D eigenvalue weighted by molar-refractivity contribution is 14.0. The Labute approximate surface area is 209 Å². The molecule has 0 spiro atoms. The van der Waals surface area contributed by atoms with Crippen molar-refractivity contribution < 1.29 is 14.6 Å².